The van der Waals surface area contributed by atoms with Crippen molar-refractivity contribution in [1.82, 2.24) is 10.2 Å². The summed E-state index contributed by atoms with van der Waals surface area (Å²) in [6.07, 6.45) is 2.98. The van der Waals surface area contributed by atoms with Gasteiger partial charge >= 0.3 is 0 Å². The largest absolute Gasteiger partial charge is 0.346 e. The van der Waals surface area contributed by atoms with Gasteiger partial charge in [-0.05, 0) is 37.8 Å². The number of nitrogens with zero attached hydrogens (tertiary/aromatic N) is 1. The highest BCUT2D eigenvalue weighted by Crippen LogP contribution is 2.13. The zero-order chi connectivity index (χ0) is 11.3. The molecule has 88 valence electrons. The van der Waals surface area contributed by atoms with E-state index in [9.17, 15) is 4.79 Å². The zero-order valence-corrected chi connectivity index (χ0v) is 10.3. The van der Waals surface area contributed by atoms with Crippen molar-refractivity contribution >= 4 is 5.91 Å². The molecule has 0 aromatic rings. The summed E-state index contributed by atoms with van der Waals surface area (Å²) in [5, 5.41) is 3.30. The molecule has 1 aliphatic rings. The van der Waals surface area contributed by atoms with Crippen LogP contribution in [0, 0.1) is 11.8 Å². The molecule has 0 radical (unpaired) electrons. The summed E-state index contributed by atoms with van der Waals surface area (Å²) < 4.78 is 0. The monoisotopic (exact) mass is 212 g/mol. The number of carbonyl (C=O) groups excluding carboxylic acids is 1. The highest BCUT2D eigenvalue weighted by molar-refractivity contribution is 5.76. The van der Waals surface area contributed by atoms with E-state index in [4.69, 9.17) is 0 Å². The topological polar surface area (TPSA) is 32.3 Å². The second-order valence-electron chi connectivity index (χ2n) is 5.06. The Morgan fingerprint density at radius 2 is 2.27 bits per heavy atom. The van der Waals surface area contributed by atoms with Crippen LogP contribution in [-0.2, 0) is 4.79 Å². The Kier molecular flexibility index (Phi) is 5.09. The van der Waals surface area contributed by atoms with E-state index in [-0.39, 0.29) is 0 Å². The lowest BCUT2D eigenvalue weighted by Gasteiger charge is -2.19. The van der Waals surface area contributed by atoms with Gasteiger partial charge in [-0.1, -0.05) is 13.8 Å². The summed E-state index contributed by atoms with van der Waals surface area (Å²) in [5.74, 6) is 1.55. The summed E-state index contributed by atoms with van der Waals surface area (Å²) in [4.78, 5) is 13.7. The maximum Gasteiger partial charge on any atom is 0.222 e. The smallest absolute Gasteiger partial charge is 0.222 e. The second kappa shape index (κ2) is 6.11. The van der Waals surface area contributed by atoms with Gasteiger partial charge in [-0.2, -0.15) is 0 Å². The highest BCUT2D eigenvalue weighted by atomic mass is 16.2. The molecule has 0 saturated carbocycles. The van der Waals surface area contributed by atoms with Crippen LogP contribution in [0.4, 0.5) is 0 Å². The molecule has 1 N–H and O–H groups in total. The molecule has 1 heterocycles. The quantitative estimate of drug-likeness (QED) is 0.749. The summed E-state index contributed by atoms with van der Waals surface area (Å²) in [6, 6.07) is 0. The van der Waals surface area contributed by atoms with Crippen LogP contribution in [0.25, 0.3) is 0 Å². The first kappa shape index (κ1) is 12.5. The van der Waals surface area contributed by atoms with E-state index < -0.39 is 0 Å². The zero-order valence-electron chi connectivity index (χ0n) is 10.3. The molecule has 3 nitrogen and oxygen atoms in total. The molecular weight excluding hydrogens is 188 g/mol. The fourth-order valence-electron chi connectivity index (χ4n) is 1.87. The molecule has 1 aliphatic heterocycles. The first-order valence-corrected chi connectivity index (χ1v) is 6.04. The average molecular weight is 212 g/mol. The lowest BCUT2D eigenvalue weighted by molar-refractivity contribution is -0.130. The fraction of sp³-hybridized carbons (Fsp3) is 0.917. The van der Waals surface area contributed by atoms with Crippen LogP contribution in [0.2, 0.25) is 0 Å². The molecule has 0 spiro atoms. The number of carbonyl (C=O) groups is 1. The highest BCUT2D eigenvalue weighted by Gasteiger charge is 2.19. The van der Waals surface area contributed by atoms with Crippen molar-refractivity contribution < 1.29 is 4.79 Å². The van der Waals surface area contributed by atoms with Gasteiger partial charge in [0.25, 0.3) is 0 Å². The van der Waals surface area contributed by atoms with Crippen molar-refractivity contribution in [3.05, 3.63) is 0 Å². The normalized spacial score (nSPS) is 20.9. The second-order valence-corrected chi connectivity index (χ2v) is 5.06. The van der Waals surface area contributed by atoms with Gasteiger partial charge in [0.15, 0.2) is 0 Å². The molecule has 1 rings (SSSR count). The molecule has 15 heavy (non-hydrogen) atoms. The SMILES string of the molecule is CC(C)CCN(C)C(=O)CC1CCNC1. The Morgan fingerprint density at radius 3 is 2.80 bits per heavy atom. The number of amides is 1. The van der Waals surface area contributed by atoms with Gasteiger partial charge in [-0.25, -0.2) is 0 Å². The van der Waals surface area contributed by atoms with Gasteiger partial charge in [0, 0.05) is 20.0 Å². The van der Waals surface area contributed by atoms with Crippen molar-refractivity contribution in [3.63, 3.8) is 0 Å². The van der Waals surface area contributed by atoms with Crippen molar-refractivity contribution in [2.24, 2.45) is 11.8 Å². The van der Waals surface area contributed by atoms with Crippen LogP contribution in [0.3, 0.4) is 0 Å². The first-order chi connectivity index (χ1) is 7.09. The van der Waals surface area contributed by atoms with E-state index in [2.05, 4.69) is 19.2 Å². The van der Waals surface area contributed by atoms with Crippen LogP contribution in [0.1, 0.15) is 33.1 Å². The van der Waals surface area contributed by atoms with Crippen LogP contribution in [-0.4, -0.2) is 37.5 Å². The summed E-state index contributed by atoms with van der Waals surface area (Å²) >= 11 is 0. The molecule has 1 atom stereocenters. The van der Waals surface area contributed by atoms with E-state index in [0.29, 0.717) is 17.7 Å². The van der Waals surface area contributed by atoms with Crippen LogP contribution >= 0.6 is 0 Å². The minimum absolute atomic E-state index is 0.310. The molecule has 0 aliphatic carbocycles. The first-order valence-electron chi connectivity index (χ1n) is 6.04. The van der Waals surface area contributed by atoms with Crippen molar-refractivity contribution in [1.29, 1.82) is 0 Å². The Bertz CT molecular complexity index is 198. The van der Waals surface area contributed by atoms with E-state index in [0.717, 1.165) is 38.9 Å². The average Bonchev–Trinajstić information content (AvgIpc) is 2.66. The number of hydrogen-bond acceptors (Lipinski definition) is 2. The third-order valence-corrected chi connectivity index (χ3v) is 3.09. The van der Waals surface area contributed by atoms with E-state index in [1.165, 1.54) is 0 Å². The predicted octanol–water partition coefficient (Wildman–Crippen LogP) is 1.49. The summed E-state index contributed by atoms with van der Waals surface area (Å²) in [6.45, 7) is 7.38. The van der Waals surface area contributed by atoms with Crippen molar-refractivity contribution in [3.8, 4) is 0 Å². The molecular formula is C12H24N2O. The lowest BCUT2D eigenvalue weighted by atomic mass is 10.0. The molecule has 1 amide bonds. The maximum absolute atomic E-state index is 11.8. The summed E-state index contributed by atoms with van der Waals surface area (Å²) in [5.41, 5.74) is 0. The minimum atomic E-state index is 0.310. The third-order valence-electron chi connectivity index (χ3n) is 3.09. The van der Waals surface area contributed by atoms with Gasteiger partial charge in [0.05, 0.1) is 0 Å². The summed E-state index contributed by atoms with van der Waals surface area (Å²) in [7, 11) is 1.92. The van der Waals surface area contributed by atoms with Gasteiger partial charge in [-0.15, -0.1) is 0 Å². The Balaban J connectivity index is 2.20. The molecule has 1 saturated heterocycles. The maximum atomic E-state index is 11.8. The van der Waals surface area contributed by atoms with Gasteiger partial charge < -0.3 is 10.2 Å². The lowest BCUT2D eigenvalue weighted by Crippen LogP contribution is -2.30. The third kappa shape index (κ3) is 4.65. The van der Waals surface area contributed by atoms with Gasteiger partial charge in [0.1, 0.15) is 0 Å². The van der Waals surface area contributed by atoms with Crippen LogP contribution in [0.5, 0.6) is 0 Å². The Hall–Kier alpha value is -0.570. The predicted molar refractivity (Wildman–Crippen MR) is 62.7 cm³/mol. The molecule has 0 bridgehead atoms. The number of nitrogens with one attached hydrogen (secondary N) is 1. The Morgan fingerprint density at radius 1 is 1.53 bits per heavy atom. The Labute approximate surface area is 93.2 Å². The molecule has 3 heteroatoms. The minimum Gasteiger partial charge on any atom is -0.346 e. The van der Waals surface area contributed by atoms with E-state index >= 15 is 0 Å². The molecule has 1 fully saturated rings. The van der Waals surface area contributed by atoms with Crippen molar-refractivity contribution in [2.45, 2.75) is 33.1 Å². The number of rotatable bonds is 5. The molecule has 0 aromatic carbocycles. The van der Waals surface area contributed by atoms with Crippen molar-refractivity contribution in [2.75, 3.05) is 26.7 Å². The van der Waals surface area contributed by atoms with E-state index in [1.54, 1.807) is 0 Å². The van der Waals surface area contributed by atoms with Crippen LogP contribution < -0.4 is 5.32 Å². The molecule has 1 unspecified atom stereocenters. The van der Waals surface area contributed by atoms with Gasteiger partial charge in [-0.3, -0.25) is 4.79 Å². The van der Waals surface area contributed by atoms with E-state index in [1.807, 2.05) is 11.9 Å². The molecule has 0 aromatic heterocycles. The standard InChI is InChI=1S/C12H24N2O/c1-10(2)5-7-14(3)12(15)8-11-4-6-13-9-11/h10-11,13H,4-9H2,1-3H3. The van der Waals surface area contributed by atoms with Gasteiger partial charge in [0.2, 0.25) is 5.91 Å². The fourth-order valence-corrected chi connectivity index (χ4v) is 1.87. The number of hydrogen-bond donors (Lipinski definition) is 1. The van der Waals surface area contributed by atoms with Crippen LogP contribution in [0.15, 0.2) is 0 Å².